The van der Waals surface area contributed by atoms with Gasteiger partial charge in [-0.2, -0.15) is 0 Å². The lowest BCUT2D eigenvalue weighted by molar-refractivity contribution is 0.269. The predicted molar refractivity (Wildman–Crippen MR) is 66.0 cm³/mol. The Kier molecular flexibility index (Phi) is 4.46. The third-order valence-electron chi connectivity index (χ3n) is 2.38. The van der Waals surface area contributed by atoms with Crippen LogP contribution in [0.4, 0.5) is 0 Å². The molecule has 0 spiro atoms. The third kappa shape index (κ3) is 3.42. The molecular weight excluding hydrogens is 208 g/mol. The highest BCUT2D eigenvalue weighted by Crippen LogP contribution is 2.24. The SMILES string of the molecule is Cc1cc(C)c(OCC(C)CCl)c(C)c1. The third-order valence-corrected chi connectivity index (χ3v) is 2.91. The predicted octanol–water partition coefficient (Wildman–Crippen LogP) is 3.87. The van der Waals surface area contributed by atoms with Gasteiger partial charge in [0.05, 0.1) is 6.61 Å². The van der Waals surface area contributed by atoms with Crippen molar-refractivity contribution in [3.05, 3.63) is 28.8 Å². The number of benzene rings is 1. The van der Waals surface area contributed by atoms with Gasteiger partial charge in [-0.05, 0) is 31.9 Å². The maximum absolute atomic E-state index is 5.79. The van der Waals surface area contributed by atoms with Crippen LogP contribution in [0.2, 0.25) is 0 Å². The summed E-state index contributed by atoms with van der Waals surface area (Å²) in [5.74, 6) is 2.05. The molecular formula is C13H19ClO. The quantitative estimate of drug-likeness (QED) is 0.709. The van der Waals surface area contributed by atoms with Gasteiger partial charge in [-0.25, -0.2) is 0 Å². The molecule has 1 aromatic carbocycles. The van der Waals surface area contributed by atoms with Crippen LogP contribution in [0.15, 0.2) is 12.1 Å². The van der Waals surface area contributed by atoms with Gasteiger partial charge in [0, 0.05) is 11.8 Å². The Morgan fingerprint density at radius 3 is 2.20 bits per heavy atom. The van der Waals surface area contributed by atoms with Crippen LogP contribution < -0.4 is 4.74 Å². The summed E-state index contributed by atoms with van der Waals surface area (Å²) in [5.41, 5.74) is 3.69. The van der Waals surface area contributed by atoms with E-state index in [1.54, 1.807) is 0 Å². The van der Waals surface area contributed by atoms with E-state index in [-0.39, 0.29) is 0 Å². The number of alkyl halides is 1. The topological polar surface area (TPSA) is 9.23 Å². The summed E-state index contributed by atoms with van der Waals surface area (Å²) in [6.45, 7) is 9.05. The van der Waals surface area contributed by atoms with Crippen molar-refractivity contribution in [3.63, 3.8) is 0 Å². The van der Waals surface area contributed by atoms with Crippen LogP contribution in [0.1, 0.15) is 23.6 Å². The van der Waals surface area contributed by atoms with E-state index < -0.39 is 0 Å². The molecule has 15 heavy (non-hydrogen) atoms. The van der Waals surface area contributed by atoms with Gasteiger partial charge < -0.3 is 4.74 Å². The first kappa shape index (κ1) is 12.4. The fourth-order valence-electron chi connectivity index (χ4n) is 1.66. The van der Waals surface area contributed by atoms with Gasteiger partial charge in [-0.1, -0.05) is 24.6 Å². The summed E-state index contributed by atoms with van der Waals surface area (Å²) in [4.78, 5) is 0. The molecule has 0 heterocycles. The minimum Gasteiger partial charge on any atom is -0.493 e. The molecule has 1 aromatic rings. The lowest BCUT2D eigenvalue weighted by Crippen LogP contribution is -2.11. The van der Waals surface area contributed by atoms with Crippen LogP contribution in [0, 0.1) is 26.7 Å². The molecule has 1 unspecified atom stereocenters. The second kappa shape index (κ2) is 5.41. The van der Waals surface area contributed by atoms with E-state index in [1.165, 1.54) is 16.7 Å². The van der Waals surface area contributed by atoms with Crippen molar-refractivity contribution in [2.45, 2.75) is 27.7 Å². The lowest BCUT2D eigenvalue weighted by atomic mass is 10.1. The molecule has 0 saturated heterocycles. The van der Waals surface area contributed by atoms with E-state index in [9.17, 15) is 0 Å². The molecule has 0 aromatic heterocycles. The van der Waals surface area contributed by atoms with E-state index in [0.717, 1.165) is 5.75 Å². The number of aryl methyl sites for hydroxylation is 3. The molecule has 1 rings (SSSR count). The van der Waals surface area contributed by atoms with Crippen LogP contribution >= 0.6 is 11.6 Å². The van der Waals surface area contributed by atoms with Gasteiger partial charge in [-0.15, -0.1) is 11.6 Å². The standard InChI is InChI=1S/C13H19ClO/c1-9-5-11(3)13(12(4)6-9)15-8-10(2)7-14/h5-6,10H,7-8H2,1-4H3. The molecule has 2 heteroatoms. The fourth-order valence-corrected chi connectivity index (χ4v) is 1.75. The first-order chi connectivity index (χ1) is 7.04. The number of halogens is 1. The Morgan fingerprint density at radius 1 is 1.20 bits per heavy atom. The van der Waals surface area contributed by atoms with Crippen molar-refractivity contribution in [2.24, 2.45) is 5.92 Å². The first-order valence-corrected chi connectivity index (χ1v) is 5.84. The van der Waals surface area contributed by atoms with E-state index in [4.69, 9.17) is 16.3 Å². The highest BCUT2D eigenvalue weighted by molar-refractivity contribution is 6.18. The van der Waals surface area contributed by atoms with Crippen LogP contribution in [-0.4, -0.2) is 12.5 Å². The number of hydrogen-bond donors (Lipinski definition) is 0. The van der Waals surface area contributed by atoms with Gasteiger partial charge >= 0.3 is 0 Å². The summed E-state index contributed by atoms with van der Waals surface area (Å²) >= 11 is 5.74. The lowest BCUT2D eigenvalue weighted by Gasteiger charge is -2.15. The normalized spacial score (nSPS) is 12.6. The Labute approximate surface area is 97.4 Å². The number of hydrogen-bond acceptors (Lipinski definition) is 1. The highest BCUT2D eigenvalue weighted by Gasteiger charge is 2.07. The molecule has 0 aliphatic rings. The zero-order chi connectivity index (χ0) is 11.4. The Balaban J connectivity index is 2.77. The maximum Gasteiger partial charge on any atom is 0.125 e. The molecule has 0 aliphatic heterocycles. The Bertz CT molecular complexity index is 310. The zero-order valence-corrected chi connectivity index (χ0v) is 10.7. The largest absolute Gasteiger partial charge is 0.493 e. The highest BCUT2D eigenvalue weighted by atomic mass is 35.5. The van der Waals surface area contributed by atoms with Gasteiger partial charge in [-0.3, -0.25) is 0 Å². The summed E-state index contributed by atoms with van der Waals surface area (Å²) in [6.07, 6.45) is 0. The second-order valence-electron chi connectivity index (χ2n) is 4.30. The van der Waals surface area contributed by atoms with E-state index in [1.807, 2.05) is 0 Å². The summed E-state index contributed by atoms with van der Waals surface area (Å²) < 4.78 is 5.79. The average molecular weight is 227 g/mol. The molecule has 0 bridgehead atoms. The number of ether oxygens (including phenoxy) is 1. The molecule has 0 aliphatic carbocycles. The smallest absolute Gasteiger partial charge is 0.125 e. The maximum atomic E-state index is 5.79. The zero-order valence-electron chi connectivity index (χ0n) is 9.93. The monoisotopic (exact) mass is 226 g/mol. The van der Waals surface area contributed by atoms with Crippen molar-refractivity contribution in [3.8, 4) is 5.75 Å². The van der Waals surface area contributed by atoms with Gasteiger partial charge in [0.2, 0.25) is 0 Å². The van der Waals surface area contributed by atoms with Gasteiger partial charge in [0.25, 0.3) is 0 Å². The van der Waals surface area contributed by atoms with Crippen LogP contribution in [0.25, 0.3) is 0 Å². The molecule has 0 amide bonds. The van der Waals surface area contributed by atoms with Crippen LogP contribution in [0.5, 0.6) is 5.75 Å². The molecule has 1 nitrogen and oxygen atoms in total. The fraction of sp³-hybridized carbons (Fsp3) is 0.538. The molecule has 0 radical (unpaired) electrons. The minimum absolute atomic E-state index is 0.395. The first-order valence-electron chi connectivity index (χ1n) is 5.31. The summed E-state index contributed by atoms with van der Waals surface area (Å²) in [5, 5.41) is 0. The van der Waals surface area contributed by atoms with Crippen LogP contribution in [0.3, 0.4) is 0 Å². The summed E-state index contributed by atoms with van der Waals surface area (Å²) in [6, 6.07) is 4.29. The van der Waals surface area contributed by atoms with Crippen molar-refractivity contribution < 1.29 is 4.74 Å². The minimum atomic E-state index is 0.395. The molecule has 0 saturated carbocycles. The van der Waals surface area contributed by atoms with E-state index in [0.29, 0.717) is 18.4 Å². The average Bonchev–Trinajstić information content (AvgIpc) is 2.15. The van der Waals surface area contributed by atoms with Crippen molar-refractivity contribution in [2.75, 3.05) is 12.5 Å². The van der Waals surface area contributed by atoms with Gasteiger partial charge in [0.15, 0.2) is 0 Å². The van der Waals surface area contributed by atoms with E-state index in [2.05, 4.69) is 39.8 Å². The Morgan fingerprint density at radius 2 is 1.73 bits per heavy atom. The molecule has 1 atom stereocenters. The molecule has 0 N–H and O–H groups in total. The second-order valence-corrected chi connectivity index (χ2v) is 4.61. The number of rotatable bonds is 4. The Hall–Kier alpha value is -0.690. The van der Waals surface area contributed by atoms with E-state index >= 15 is 0 Å². The molecule has 84 valence electrons. The van der Waals surface area contributed by atoms with Gasteiger partial charge in [0.1, 0.15) is 5.75 Å². The van der Waals surface area contributed by atoms with Crippen LogP contribution in [-0.2, 0) is 0 Å². The van der Waals surface area contributed by atoms with Crippen molar-refractivity contribution >= 4 is 11.6 Å². The molecule has 0 fully saturated rings. The van der Waals surface area contributed by atoms with Crippen molar-refractivity contribution in [1.82, 2.24) is 0 Å². The summed E-state index contributed by atoms with van der Waals surface area (Å²) in [7, 11) is 0. The van der Waals surface area contributed by atoms with Crippen molar-refractivity contribution in [1.29, 1.82) is 0 Å².